The average molecular weight is 356 g/mol. The maximum absolute atomic E-state index is 13.2. The van der Waals surface area contributed by atoms with Crippen molar-refractivity contribution in [1.29, 1.82) is 0 Å². The van der Waals surface area contributed by atoms with Gasteiger partial charge in [-0.25, -0.2) is 9.78 Å². The number of nitrogens with one attached hydrogen (secondary N) is 1. The van der Waals surface area contributed by atoms with Crippen LogP contribution in [-0.4, -0.2) is 31.9 Å². The zero-order valence-electron chi connectivity index (χ0n) is 14.3. The Morgan fingerprint density at radius 3 is 2.96 bits per heavy atom. The van der Waals surface area contributed by atoms with Crippen LogP contribution in [0.1, 0.15) is 46.4 Å². The Morgan fingerprint density at radius 1 is 1.36 bits per heavy atom. The fourth-order valence-electron chi connectivity index (χ4n) is 3.48. The van der Waals surface area contributed by atoms with Crippen molar-refractivity contribution in [3.05, 3.63) is 50.3 Å². The van der Waals surface area contributed by atoms with E-state index in [-0.39, 0.29) is 17.6 Å². The summed E-state index contributed by atoms with van der Waals surface area (Å²) in [5.74, 6) is 0.00750. The lowest BCUT2D eigenvalue weighted by atomic mass is 10.0. The van der Waals surface area contributed by atoms with E-state index < -0.39 is 0 Å². The summed E-state index contributed by atoms with van der Waals surface area (Å²) in [6.45, 7) is 2.72. The van der Waals surface area contributed by atoms with Crippen molar-refractivity contribution < 1.29 is 4.79 Å². The number of amides is 1. The molecule has 0 saturated carbocycles. The van der Waals surface area contributed by atoms with Crippen LogP contribution in [0.5, 0.6) is 0 Å². The predicted molar refractivity (Wildman–Crippen MR) is 98.0 cm³/mol. The van der Waals surface area contributed by atoms with Gasteiger partial charge in [-0.15, -0.1) is 11.3 Å². The number of hydrogen-bond donors (Lipinski definition) is 1. The number of fused-ring (bicyclic) bond motifs is 1. The Labute approximate surface area is 149 Å². The number of aromatic amines is 1. The number of carbonyl (C=O) groups excluding carboxylic acids is 1. The highest BCUT2D eigenvalue weighted by molar-refractivity contribution is 7.09. The summed E-state index contributed by atoms with van der Waals surface area (Å²) in [5.41, 5.74) is 2.93. The summed E-state index contributed by atoms with van der Waals surface area (Å²) in [5, 5.41) is 3.05. The van der Waals surface area contributed by atoms with Crippen LogP contribution >= 0.6 is 11.3 Å². The quantitative estimate of drug-likeness (QED) is 0.767. The lowest BCUT2D eigenvalue weighted by Crippen LogP contribution is -2.38. The van der Waals surface area contributed by atoms with Crippen molar-refractivity contribution >= 4 is 28.3 Å². The van der Waals surface area contributed by atoms with Crippen LogP contribution in [0.25, 0.3) is 11.0 Å². The molecule has 0 spiro atoms. The number of thiazole rings is 1. The third-order valence-corrected chi connectivity index (χ3v) is 5.90. The van der Waals surface area contributed by atoms with Gasteiger partial charge in [-0.2, -0.15) is 0 Å². The molecule has 1 N–H and O–H groups in total. The fourth-order valence-corrected chi connectivity index (χ4v) is 4.42. The lowest BCUT2D eigenvalue weighted by molar-refractivity contribution is 0.0611. The SMILES string of the molecule is Cc1csc(C2CCCCN2C(=O)c2ccc3[nH]c(=O)n(C)c3c2)n1. The average Bonchev–Trinajstić information content (AvgIpc) is 3.18. The molecule has 1 aliphatic heterocycles. The first-order chi connectivity index (χ1) is 12.0. The Kier molecular flexibility index (Phi) is 3.95. The molecule has 3 heterocycles. The standard InChI is InChI=1S/C18H20N4O2S/c1-11-10-25-16(19-11)14-5-3-4-8-22(14)17(23)12-6-7-13-15(9-12)21(2)18(24)20-13/h6-7,9-10,14H,3-5,8H2,1-2H3,(H,20,24). The molecule has 0 aliphatic carbocycles. The summed E-state index contributed by atoms with van der Waals surface area (Å²) in [6, 6.07) is 5.44. The lowest BCUT2D eigenvalue weighted by Gasteiger charge is -2.34. The van der Waals surface area contributed by atoms with E-state index in [0.29, 0.717) is 5.56 Å². The molecule has 130 valence electrons. The van der Waals surface area contributed by atoms with Crippen LogP contribution in [0.15, 0.2) is 28.4 Å². The van der Waals surface area contributed by atoms with Crippen molar-refractivity contribution in [3.63, 3.8) is 0 Å². The second-order valence-corrected chi connectivity index (χ2v) is 7.45. The van der Waals surface area contributed by atoms with Gasteiger partial charge in [0.05, 0.1) is 17.1 Å². The van der Waals surface area contributed by atoms with Crippen molar-refractivity contribution in [3.8, 4) is 0 Å². The van der Waals surface area contributed by atoms with E-state index in [0.717, 1.165) is 47.5 Å². The third-order valence-electron chi connectivity index (χ3n) is 4.84. The third kappa shape index (κ3) is 2.78. The molecule has 0 bridgehead atoms. The van der Waals surface area contributed by atoms with Gasteiger partial charge >= 0.3 is 5.69 Å². The van der Waals surface area contributed by atoms with E-state index >= 15 is 0 Å². The Hall–Kier alpha value is -2.41. The molecule has 0 radical (unpaired) electrons. The molecule has 4 rings (SSSR count). The number of aromatic nitrogens is 3. The van der Waals surface area contributed by atoms with E-state index in [1.54, 1.807) is 36.6 Å². The van der Waals surface area contributed by atoms with Crippen LogP contribution in [0, 0.1) is 6.92 Å². The Balaban J connectivity index is 1.70. The number of likely N-dealkylation sites (tertiary alicyclic amines) is 1. The predicted octanol–water partition coefficient (Wildman–Crippen LogP) is 3.00. The van der Waals surface area contributed by atoms with Gasteiger partial charge in [0.1, 0.15) is 5.01 Å². The molecular formula is C18H20N4O2S. The highest BCUT2D eigenvalue weighted by atomic mass is 32.1. The zero-order chi connectivity index (χ0) is 17.6. The van der Waals surface area contributed by atoms with Crippen LogP contribution in [0.4, 0.5) is 0 Å². The molecule has 6 nitrogen and oxygen atoms in total. The monoisotopic (exact) mass is 356 g/mol. The Morgan fingerprint density at radius 2 is 2.20 bits per heavy atom. The smallest absolute Gasteiger partial charge is 0.326 e. The molecule has 1 saturated heterocycles. The fraction of sp³-hybridized carbons (Fsp3) is 0.389. The summed E-state index contributed by atoms with van der Waals surface area (Å²) in [4.78, 5) is 34.2. The molecule has 25 heavy (non-hydrogen) atoms. The Bertz CT molecular complexity index is 1000. The molecule has 1 fully saturated rings. The van der Waals surface area contributed by atoms with E-state index in [1.807, 2.05) is 17.2 Å². The topological polar surface area (TPSA) is 71.0 Å². The van der Waals surface area contributed by atoms with Crippen LogP contribution in [0.2, 0.25) is 0 Å². The second-order valence-electron chi connectivity index (χ2n) is 6.56. The first-order valence-corrected chi connectivity index (χ1v) is 9.34. The van der Waals surface area contributed by atoms with Gasteiger partial charge in [-0.3, -0.25) is 9.36 Å². The zero-order valence-corrected chi connectivity index (χ0v) is 15.1. The highest BCUT2D eigenvalue weighted by Crippen LogP contribution is 2.34. The molecule has 1 amide bonds. The summed E-state index contributed by atoms with van der Waals surface area (Å²) in [7, 11) is 1.71. The van der Waals surface area contributed by atoms with E-state index in [2.05, 4.69) is 9.97 Å². The number of aryl methyl sites for hydroxylation is 2. The maximum atomic E-state index is 13.2. The molecule has 1 aliphatic rings. The maximum Gasteiger partial charge on any atom is 0.326 e. The minimum Gasteiger partial charge on any atom is -0.329 e. The van der Waals surface area contributed by atoms with Gasteiger partial charge in [0.15, 0.2) is 0 Å². The molecule has 1 unspecified atom stereocenters. The minimum atomic E-state index is -0.172. The first-order valence-electron chi connectivity index (χ1n) is 8.46. The van der Waals surface area contributed by atoms with Gasteiger partial charge in [0.25, 0.3) is 5.91 Å². The van der Waals surface area contributed by atoms with E-state index in [1.165, 1.54) is 4.57 Å². The summed E-state index contributed by atoms with van der Waals surface area (Å²) in [6.07, 6.45) is 3.07. The second kappa shape index (κ2) is 6.15. The van der Waals surface area contributed by atoms with Gasteiger partial charge in [-0.05, 0) is 44.4 Å². The van der Waals surface area contributed by atoms with Gasteiger partial charge in [-0.1, -0.05) is 0 Å². The number of carbonyl (C=O) groups is 1. The molecule has 3 aromatic rings. The molecule has 7 heteroatoms. The van der Waals surface area contributed by atoms with Crippen molar-refractivity contribution in [2.45, 2.75) is 32.2 Å². The van der Waals surface area contributed by atoms with Crippen LogP contribution in [0.3, 0.4) is 0 Å². The first kappa shape index (κ1) is 16.1. The number of hydrogen-bond acceptors (Lipinski definition) is 4. The molecular weight excluding hydrogens is 336 g/mol. The summed E-state index contributed by atoms with van der Waals surface area (Å²) < 4.78 is 1.53. The van der Waals surface area contributed by atoms with E-state index in [4.69, 9.17) is 0 Å². The largest absolute Gasteiger partial charge is 0.329 e. The molecule has 1 aromatic carbocycles. The number of benzene rings is 1. The normalized spacial score (nSPS) is 18.0. The van der Waals surface area contributed by atoms with Crippen molar-refractivity contribution in [1.82, 2.24) is 19.4 Å². The van der Waals surface area contributed by atoms with Crippen LogP contribution in [-0.2, 0) is 7.05 Å². The molecule has 1 atom stereocenters. The number of imidazole rings is 1. The van der Waals surface area contributed by atoms with Crippen molar-refractivity contribution in [2.24, 2.45) is 7.05 Å². The number of nitrogens with zero attached hydrogens (tertiary/aromatic N) is 3. The number of piperidine rings is 1. The van der Waals surface area contributed by atoms with E-state index in [9.17, 15) is 9.59 Å². The number of H-pyrrole nitrogens is 1. The van der Waals surface area contributed by atoms with Gasteiger partial charge in [0.2, 0.25) is 0 Å². The summed E-state index contributed by atoms with van der Waals surface area (Å²) >= 11 is 1.63. The van der Waals surface area contributed by atoms with Gasteiger partial charge < -0.3 is 9.88 Å². The van der Waals surface area contributed by atoms with Gasteiger partial charge in [0, 0.05) is 30.2 Å². The highest BCUT2D eigenvalue weighted by Gasteiger charge is 2.30. The molecule has 2 aromatic heterocycles. The number of rotatable bonds is 2. The van der Waals surface area contributed by atoms with Crippen molar-refractivity contribution in [2.75, 3.05) is 6.54 Å². The van der Waals surface area contributed by atoms with Crippen LogP contribution < -0.4 is 5.69 Å². The minimum absolute atomic E-state index is 0.00750.